The molecule has 0 aliphatic rings. The van der Waals surface area contributed by atoms with E-state index >= 15 is 0 Å². The second-order valence-corrected chi connectivity index (χ2v) is 4.49. The number of rotatable bonds is 8. The molecule has 3 nitrogen and oxygen atoms in total. The Bertz CT molecular complexity index is 283. The molecule has 0 radical (unpaired) electrons. The molecule has 2 N–H and O–H groups in total. The van der Waals surface area contributed by atoms with E-state index in [-0.39, 0.29) is 0 Å². The van der Waals surface area contributed by atoms with Gasteiger partial charge in [-0.25, -0.2) is 0 Å². The quantitative estimate of drug-likeness (QED) is 0.751. The molecular formula is C14H25N3. The van der Waals surface area contributed by atoms with Crippen LogP contribution in [-0.2, 0) is 6.54 Å². The van der Waals surface area contributed by atoms with Crippen LogP contribution < -0.4 is 5.73 Å². The predicted octanol–water partition coefficient (Wildman–Crippen LogP) is 2.28. The van der Waals surface area contributed by atoms with E-state index in [1.54, 1.807) is 0 Å². The minimum absolute atomic E-state index is 0.660. The van der Waals surface area contributed by atoms with Gasteiger partial charge in [0.2, 0.25) is 0 Å². The number of hydrogen-bond donors (Lipinski definition) is 1. The average molecular weight is 235 g/mol. The second-order valence-electron chi connectivity index (χ2n) is 4.49. The van der Waals surface area contributed by atoms with E-state index in [4.69, 9.17) is 5.73 Å². The molecule has 0 saturated carbocycles. The zero-order chi connectivity index (χ0) is 12.5. The monoisotopic (exact) mass is 235 g/mol. The highest BCUT2D eigenvalue weighted by molar-refractivity contribution is 5.03. The second kappa shape index (κ2) is 8.20. The van der Waals surface area contributed by atoms with E-state index in [0.717, 1.165) is 31.9 Å². The van der Waals surface area contributed by atoms with Crippen LogP contribution in [0.15, 0.2) is 24.4 Å². The van der Waals surface area contributed by atoms with E-state index in [1.165, 1.54) is 12.8 Å². The van der Waals surface area contributed by atoms with Crippen molar-refractivity contribution in [2.24, 2.45) is 11.7 Å². The summed E-state index contributed by atoms with van der Waals surface area (Å²) < 4.78 is 0. The molecule has 0 bridgehead atoms. The molecule has 96 valence electrons. The van der Waals surface area contributed by atoms with Gasteiger partial charge in [0.05, 0.1) is 5.69 Å². The molecule has 0 spiro atoms. The summed E-state index contributed by atoms with van der Waals surface area (Å²) >= 11 is 0. The first kappa shape index (κ1) is 14.1. The Balaban J connectivity index is 2.38. The van der Waals surface area contributed by atoms with Crippen molar-refractivity contribution in [3.63, 3.8) is 0 Å². The van der Waals surface area contributed by atoms with Crippen molar-refractivity contribution in [3.8, 4) is 0 Å². The molecule has 1 aromatic heterocycles. The standard InChI is InChI=1S/C14H25N3/c1-3-13(11-15)8-10-17(4-2)12-14-7-5-6-9-16-14/h5-7,9,13H,3-4,8,10-12,15H2,1-2H3. The van der Waals surface area contributed by atoms with Crippen LogP contribution in [0.5, 0.6) is 0 Å². The third kappa shape index (κ3) is 5.29. The summed E-state index contributed by atoms with van der Waals surface area (Å²) in [6.07, 6.45) is 4.23. The van der Waals surface area contributed by atoms with Crippen molar-refractivity contribution in [3.05, 3.63) is 30.1 Å². The SMILES string of the molecule is CCC(CN)CCN(CC)Cc1ccccn1. The highest BCUT2D eigenvalue weighted by Crippen LogP contribution is 2.09. The number of nitrogens with zero attached hydrogens (tertiary/aromatic N) is 2. The van der Waals surface area contributed by atoms with Crippen LogP contribution in [0.25, 0.3) is 0 Å². The number of nitrogens with two attached hydrogens (primary N) is 1. The largest absolute Gasteiger partial charge is 0.330 e. The Kier molecular flexibility index (Phi) is 6.82. The lowest BCUT2D eigenvalue weighted by molar-refractivity contribution is 0.252. The first-order valence-electron chi connectivity index (χ1n) is 6.62. The van der Waals surface area contributed by atoms with Gasteiger partial charge >= 0.3 is 0 Å². The first-order chi connectivity index (χ1) is 8.30. The molecule has 0 saturated heterocycles. The molecule has 0 aromatic carbocycles. The Labute approximate surface area is 105 Å². The fourth-order valence-corrected chi connectivity index (χ4v) is 1.92. The van der Waals surface area contributed by atoms with Gasteiger partial charge in [-0.2, -0.15) is 0 Å². The fourth-order valence-electron chi connectivity index (χ4n) is 1.92. The molecule has 0 aliphatic carbocycles. The van der Waals surface area contributed by atoms with E-state index in [2.05, 4.69) is 29.8 Å². The summed E-state index contributed by atoms with van der Waals surface area (Å²) in [6, 6.07) is 6.09. The van der Waals surface area contributed by atoms with Gasteiger partial charge in [-0.05, 0) is 44.1 Å². The van der Waals surface area contributed by atoms with E-state index in [9.17, 15) is 0 Å². The van der Waals surface area contributed by atoms with Gasteiger partial charge in [-0.15, -0.1) is 0 Å². The highest BCUT2D eigenvalue weighted by atomic mass is 15.1. The van der Waals surface area contributed by atoms with Crippen LogP contribution in [0.2, 0.25) is 0 Å². The van der Waals surface area contributed by atoms with E-state index in [0.29, 0.717) is 5.92 Å². The van der Waals surface area contributed by atoms with E-state index in [1.807, 2.05) is 18.3 Å². The van der Waals surface area contributed by atoms with E-state index < -0.39 is 0 Å². The van der Waals surface area contributed by atoms with Gasteiger partial charge in [-0.1, -0.05) is 26.3 Å². The van der Waals surface area contributed by atoms with Crippen LogP contribution >= 0.6 is 0 Å². The van der Waals surface area contributed by atoms with Crippen molar-refractivity contribution in [1.82, 2.24) is 9.88 Å². The van der Waals surface area contributed by atoms with Gasteiger partial charge in [-0.3, -0.25) is 9.88 Å². The predicted molar refractivity (Wildman–Crippen MR) is 72.6 cm³/mol. The third-order valence-corrected chi connectivity index (χ3v) is 3.32. The fraction of sp³-hybridized carbons (Fsp3) is 0.643. The molecular weight excluding hydrogens is 210 g/mol. The van der Waals surface area contributed by atoms with Crippen molar-refractivity contribution >= 4 is 0 Å². The Hall–Kier alpha value is -0.930. The zero-order valence-electron chi connectivity index (χ0n) is 11.1. The maximum Gasteiger partial charge on any atom is 0.0543 e. The highest BCUT2D eigenvalue weighted by Gasteiger charge is 2.08. The van der Waals surface area contributed by atoms with Crippen LogP contribution in [0.1, 0.15) is 32.4 Å². The zero-order valence-corrected chi connectivity index (χ0v) is 11.1. The van der Waals surface area contributed by atoms with Gasteiger partial charge in [0.15, 0.2) is 0 Å². The van der Waals surface area contributed by atoms with Crippen LogP contribution in [0.4, 0.5) is 0 Å². The molecule has 0 aliphatic heterocycles. The number of hydrogen-bond acceptors (Lipinski definition) is 3. The summed E-state index contributed by atoms with van der Waals surface area (Å²) in [5, 5.41) is 0. The number of aromatic nitrogens is 1. The molecule has 1 heterocycles. The van der Waals surface area contributed by atoms with Gasteiger partial charge in [0.1, 0.15) is 0 Å². The lowest BCUT2D eigenvalue weighted by Crippen LogP contribution is -2.27. The van der Waals surface area contributed by atoms with Gasteiger partial charge < -0.3 is 5.73 Å². The van der Waals surface area contributed by atoms with Gasteiger partial charge in [0.25, 0.3) is 0 Å². The van der Waals surface area contributed by atoms with Crippen molar-refractivity contribution in [2.45, 2.75) is 33.2 Å². The minimum Gasteiger partial charge on any atom is -0.330 e. The normalized spacial score (nSPS) is 12.9. The van der Waals surface area contributed by atoms with Crippen molar-refractivity contribution < 1.29 is 0 Å². The summed E-state index contributed by atoms with van der Waals surface area (Å²) in [5.74, 6) is 0.660. The maximum atomic E-state index is 5.73. The molecule has 1 rings (SSSR count). The maximum absolute atomic E-state index is 5.73. The molecule has 17 heavy (non-hydrogen) atoms. The summed E-state index contributed by atoms with van der Waals surface area (Å²) in [5.41, 5.74) is 6.88. The topological polar surface area (TPSA) is 42.1 Å². The summed E-state index contributed by atoms with van der Waals surface area (Å²) in [6.45, 7) is 8.34. The Morgan fingerprint density at radius 3 is 2.71 bits per heavy atom. The van der Waals surface area contributed by atoms with Crippen molar-refractivity contribution in [1.29, 1.82) is 0 Å². The smallest absolute Gasteiger partial charge is 0.0543 e. The van der Waals surface area contributed by atoms with Crippen molar-refractivity contribution in [2.75, 3.05) is 19.6 Å². The number of pyridine rings is 1. The molecule has 1 aromatic rings. The van der Waals surface area contributed by atoms with Crippen LogP contribution in [0, 0.1) is 5.92 Å². The Morgan fingerprint density at radius 2 is 2.18 bits per heavy atom. The third-order valence-electron chi connectivity index (χ3n) is 3.32. The lowest BCUT2D eigenvalue weighted by Gasteiger charge is -2.22. The molecule has 3 heteroatoms. The molecule has 1 unspecified atom stereocenters. The average Bonchev–Trinajstić information content (AvgIpc) is 2.39. The minimum atomic E-state index is 0.660. The molecule has 1 atom stereocenters. The van der Waals surface area contributed by atoms with Gasteiger partial charge in [0, 0.05) is 12.7 Å². The van der Waals surface area contributed by atoms with Crippen LogP contribution in [-0.4, -0.2) is 29.5 Å². The van der Waals surface area contributed by atoms with Crippen LogP contribution in [0.3, 0.4) is 0 Å². The molecule has 0 amide bonds. The summed E-state index contributed by atoms with van der Waals surface area (Å²) in [4.78, 5) is 6.80. The molecule has 0 fully saturated rings. The summed E-state index contributed by atoms with van der Waals surface area (Å²) in [7, 11) is 0. The first-order valence-corrected chi connectivity index (χ1v) is 6.62. The lowest BCUT2D eigenvalue weighted by atomic mass is 10.0. The Morgan fingerprint density at radius 1 is 1.35 bits per heavy atom.